The maximum Gasteiger partial charge on any atom is 0.315 e. The van der Waals surface area contributed by atoms with Gasteiger partial charge in [-0.25, -0.2) is 0 Å². The summed E-state index contributed by atoms with van der Waals surface area (Å²) < 4.78 is 29.4. The molecule has 7 heteroatoms. The smallest absolute Gasteiger partial charge is 0.315 e. The highest BCUT2D eigenvalue weighted by molar-refractivity contribution is 5.73. The summed E-state index contributed by atoms with van der Waals surface area (Å²) >= 11 is 0. The number of amides is 1. The molecule has 2 aromatic rings. The second kappa shape index (κ2) is 5.23. The molecule has 0 saturated carbocycles. The number of aromatic nitrogens is 2. The van der Waals surface area contributed by atoms with Crippen LogP contribution in [0.2, 0.25) is 0 Å². The van der Waals surface area contributed by atoms with E-state index >= 15 is 0 Å². The zero-order valence-corrected chi connectivity index (χ0v) is 11.3. The third kappa shape index (κ3) is 2.63. The summed E-state index contributed by atoms with van der Waals surface area (Å²) in [5.41, 5.74) is 2.74. The molecule has 0 bridgehead atoms. The van der Waals surface area contributed by atoms with Crippen LogP contribution in [0, 0.1) is 0 Å². The van der Waals surface area contributed by atoms with Gasteiger partial charge in [0.15, 0.2) is 0 Å². The van der Waals surface area contributed by atoms with Crippen LogP contribution >= 0.6 is 0 Å². The summed E-state index contributed by atoms with van der Waals surface area (Å²) in [6.45, 7) is 1.48. The van der Waals surface area contributed by atoms with Crippen LogP contribution in [-0.4, -0.2) is 16.0 Å². The number of carbonyl (C=O) groups excluding carboxylic acids is 1. The molecule has 1 heterocycles. The number of carbonyl (C=O) groups is 1. The minimum absolute atomic E-state index is 0.00782. The summed E-state index contributed by atoms with van der Waals surface area (Å²) in [4.78, 5) is 14.8. The number of aryl methyl sites for hydroxylation is 1. The molecule has 1 aliphatic rings. The Bertz CT molecular complexity index is 685. The van der Waals surface area contributed by atoms with Crippen molar-refractivity contribution in [3.8, 4) is 11.4 Å². The van der Waals surface area contributed by atoms with Crippen molar-refractivity contribution in [3.63, 3.8) is 0 Å². The van der Waals surface area contributed by atoms with Gasteiger partial charge >= 0.3 is 6.43 Å². The lowest BCUT2D eigenvalue weighted by atomic mass is 10.0. The second-order valence-corrected chi connectivity index (χ2v) is 4.96. The topological polar surface area (TPSA) is 68.0 Å². The van der Waals surface area contributed by atoms with Crippen molar-refractivity contribution in [1.82, 2.24) is 15.5 Å². The lowest BCUT2D eigenvalue weighted by Crippen LogP contribution is -2.24. The van der Waals surface area contributed by atoms with E-state index in [1.54, 1.807) is 6.07 Å². The molecule has 0 unspecified atom stereocenters. The van der Waals surface area contributed by atoms with E-state index < -0.39 is 12.3 Å². The first-order chi connectivity index (χ1) is 10.0. The number of nitrogens with zero attached hydrogens (tertiary/aromatic N) is 2. The molecule has 0 fully saturated rings. The number of halogens is 2. The standard InChI is InChI=1S/C14H13F2N3O2/c1-7(20)17-11-5-3-8-6-9(2-4-10(8)11)13-18-14(12(15)16)21-19-13/h2,4,6,11-12H,3,5H2,1H3,(H,17,20)/t11-/m1/s1. The third-order valence-corrected chi connectivity index (χ3v) is 3.48. The van der Waals surface area contributed by atoms with Gasteiger partial charge in [-0.2, -0.15) is 13.8 Å². The quantitative estimate of drug-likeness (QED) is 0.944. The Hall–Kier alpha value is -2.31. The zero-order valence-electron chi connectivity index (χ0n) is 11.3. The van der Waals surface area contributed by atoms with Crippen molar-refractivity contribution < 1.29 is 18.1 Å². The Kier molecular flexibility index (Phi) is 3.40. The molecule has 1 amide bonds. The van der Waals surface area contributed by atoms with E-state index in [9.17, 15) is 13.6 Å². The van der Waals surface area contributed by atoms with E-state index in [1.165, 1.54) is 6.92 Å². The van der Waals surface area contributed by atoms with Crippen LogP contribution in [0.15, 0.2) is 22.7 Å². The molecule has 0 aliphatic heterocycles. The van der Waals surface area contributed by atoms with Crippen molar-refractivity contribution in [1.29, 1.82) is 0 Å². The highest BCUT2D eigenvalue weighted by Crippen LogP contribution is 2.33. The summed E-state index contributed by atoms with van der Waals surface area (Å²) in [6, 6.07) is 5.49. The van der Waals surface area contributed by atoms with Gasteiger partial charge in [-0.3, -0.25) is 4.79 Å². The van der Waals surface area contributed by atoms with Gasteiger partial charge < -0.3 is 9.84 Å². The van der Waals surface area contributed by atoms with Gasteiger partial charge in [-0.15, -0.1) is 0 Å². The molecule has 3 rings (SSSR count). The van der Waals surface area contributed by atoms with Crippen LogP contribution in [0.25, 0.3) is 11.4 Å². The molecule has 1 aromatic carbocycles. The molecular weight excluding hydrogens is 280 g/mol. The predicted octanol–water partition coefficient (Wildman–Crippen LogP) is 2.80. The van der Waals surface area contributed by atoms with Crippen molar-refractivity contribution in [3.05, 3.63) is 35.2 Å². The molecule has 0 radical (unpaired) electrons. The SMILES string of the molecule is CC(=O)N[C@@H]1CCc2cc(-c3noc(C(F)F)n3)ccc21. The van der Waals surface area contributed by atoms with E-state index in [-0.39, 0.29) is 17.8 Å². The predicted molar refractivity (Wildman–Crippen MR) is 69.6 cm³/mol. The highest BCUT2D eigenvalue weighted by Gasteiger charge is 2.24. The van der Waals surface area contributed by atoms with E-state index in [0.29, 0.717) is 5.56 Å². The molecule has 1 N–H and O–H groups in total. The molecule has 5 nitrogen and oxygen atoms in total. The largest absolute Gasteiger partial charge is 0.350 e. The molecule has 21 heavy (non-hydrogen) atoms. The van der Waals surface area contributed by atoms with Crippen LogP contribution in [0.5, 0.6) is 0 Å². The van der Waals surface area contributed by atoms with Crippen LogP contribution < -0.4 is 5.32 Å². The normalized spacial score (nSPS) is 17.0. The first-order valence-electron chi connectivity index (χ1n) is 6.56. The Morgan fingerprint density at radius 3 is 2.95 bits per heavy atom. The maximum atomic E-state index is 12.5. The van der Waals surface area contributed by atoms with E-state index in [2.05, 4.69) is 20.0 Å². The number of benzene rings is 1. The van der Waals surface area contributed by atoms with Gasteiger partial charge in [0, 0.05) is 12.5 Å². The lowest BCUT2D eigenvalue weighted by Gasteiger charge is -2.12. The number of fused-ring (bicyclic) bond motifs is 1. The van der Waals surface area contributed by atoms with Crippen molar-refractivity contribution in [2.45, 2.75) is 32.2 Å². The average Bonchev–Trinajstić information content (AvgIpc) is 3.05. The average molecular weight is 293 g/mol. The second-order valence-electron chi connectivity index (χ2n) is 4.96. The fourth-order valence-corrected chi connectivity index (χ4v) is 2.59. The number of rotatable bonds is 3. The molecule has 0 saturated heterocycles. The minimum Gasteiger partial charge on any atom is -0.350 e. The van der Waals surface area contributed by atoms with Crippen molar-refractivity contribution in [2.75, 3.05) is 0 Å². The molecular formula is C14H13F2N3O2. The highest BCUT2D eigenvalue weighted by atomic mass is 19.3. The summed E-state index contributed by atoms with van der Waals surface area (Å²) in [5, 5.41) is 6.45. The van der Waals surface area contributed by atoms with Gasteiger partial charge in [0.25, 0.3) is 5.89 Å². The Balaban J connectivity index is 1.88. The Morgan fingerprint density at radius 1 is 1.48 bits per heavy atom. The fourth-order valence-electron chi connectivity index (χ4n) is 2.59. The maximum absolute atomic E-state index is 12.5. The van der Waals surface area contributed by atoms with Gasteiger partial charge in [-0.1, -0.05) is 17.3 Å². The summed E-state index contributed by atoms with van der Waals surface area (Å²) in [5.74, 6) is -0.602. The number of hydrogen-bond donors (Lipinski definition) is 1. The lowest BCUT2D eigenvalue weighted by molar-refractivity contribution is -0.119. The van der Waals surface area contributed by atoms with Gasteiger partial charge in [-0.05, 0) is 30.0 Å². The number of hydrogen-bond acceptors (Lipinski definition) is 4. The van der Waals surface area contributed by atoms with Crippen LogP contribution in [0.4, 0.5) is 8.78 Å². The molecule has 0 spiro atoms. The van der Waals surface area contributed by atoms with E-state index in [4.69, 9.17) is 0 Å². The monoisotopic (exact) mass is 293 g/mol. The molecule has 1 atom stereocenters. The number of nitrogens with one attached hydrogen (secondary N) is 1. The summed E-state index contributed by atoms with van der Waals surface area (Å²) in [6.07, 6.45) is -1.13. The zero-order chi connectivity index (χ0) is 15.0. The van der Waals surface area contributed by atoms with Crippen molar-refractivity contribution >= 4 is 5.91 Å². The van der Waals surface area contributed by atoms with Gasteiger partial charge in [0.2, 0.25) is 11.7 Å². The third-order valence-electron chi connectivity index (χ3n) is 3.48. The number of alkyl halides is 2. The minimum atomic E-state index is -2.77. The Labute approximate surface area is 119 Å². The molecule has 1 aromatic heterocycles. The van der Waals surface area contributed by atoms with Gasteiger partial charge in [0.05, 0.1) is 6.04 Å². The first kappa shape index (κ1) is 13.7. The van der Waals surface area contributed by atoms with Gasteiger partial charge in [0.1, 0.15) is 0 Å². The van der Waals surface area contributed by atoms with E-state index in [0.717, 1.165) is 24.0 Å². The van der Waals surface area contributed by atoms with Crippen molar-refractivity contribution in [2.24, 2.45) is 0 Å². The molecule has 1 aliphatic carbocycles. The van der Waals surface area contributed by atoms with Crippen LogP contribution in [0.1, 0.15) is 42.8 Å². The van der Waals surface area contributed by atoms with Crippen LogP contribution in [0.3, 0.4) is 0 Å². The van der Waals surface area contributed by atoms with E-state index in [1.807, 2.05) is 12.1 Å². The molecule has 110 valence electrons. The first-order valence-corrected chi connectivity index (χ1v) is 6.56. The Morgan fingerprint density at radius 2 is 2.29 bits per heavy atom. The summed E-state index contributed by atoms with van der Waals surface area (Å²) in [7, 11) is 0. The van der Waals surface area contributed by atoms with Crippen LogP contribution in [-0.2, 0) is 11.2 Å². The fraction of sp³-hybridized carbons (Fsp3) is 0.357.